The lowest BCUT2D eigenvalue weighted by Gasteiger charge is -2.16. The Bertz CT molecular complexity index is 1030. The van der Waals surface area contributed by atoms with Gasteiger partial charge in [-0.3, -0.25) is 14.9 Å². The van der Waals surface area contributed by atoms with E-state index in [4.69, 9.17) is 23.2 Å². The summed E-state index contributed by atoms with van der Waals surface area (Å²) < 4.78 is 1.47. The summed E-state index contributed by atoms with van der Waals surface area (Å²) in [7, 11) is 1.63. The molecule has 0 N–H and O–H groups in total. The van der Waals surface area contributed by atoms with Crippen molar-refractivity contribution >= 4 is 39.7 Å². The fourth-order valence-corrected chi connectivity index (χ4v) is 3.27. The topological polar surface area (TPSA) is 65.1 Å². The third-order valence-corrected chi connectivity index (χ3v) is 4.44. The molecule has 5 nitrogen and oxygen atoms in total. The van der Waals surface area contributed by atoms with Gasteiger partial charge in [0.1, 0.15) is 0 Å². The van der Waals surface area contributed by atoms with E-state index in [1.165, 1.54) is 16.7 Å². The van der Waals surface area contributed by atoms with Gasteiger partial charge in [0.2, 0.25) is 0 Å². The molecule has 3 rings (SSSR count). The van der Waals surface area contributed by atoms with E-state index < -0.39 is 4.92 Å². The number of fused-ring (bicyclic) bond motifs is 1. The van der Waals surface area contributed by atoms with Gasteiger partial charge in [-0.2, -0.15) is 0 Å². The van der Waals surface area contributed by atoms with Crippen LogP contribution in [0.5, 0.6) is 0 Å². The van der Waals surface area contributed by atoms with Gasteiger partial charge in [-0.1, -0.05) is 23.7 Å². The molecule has 24 heavy (non-hydrogen) atoms. The van der Waals surface area contributed by atoms with Gasteiger partial charge in [0.25, 0.3) is 11.2 Å². The average molecular weight is 363 g/mol. The van der Waals surface area contributed by atoms with Crippen LogP contribution < -0.4 is 5.56 Å². The predicted octanol–water partition coefficient (Wildman–Crippen LogP) is 4.51. The highest BCUT2D eigenvalue weighted by Gasteiger charge is 2.18. The Hall–Kier alpha value is -2.37. The third-order valence-electron chi connectivity index (χ3n) is 3.95. The summed E-state index contributed by atoms with van der Waals surface area (Å²) in [6, 6.07) is 11.2. The third kappa shape index (κ3) is 2.66. The first-order valence-electron chi connectivity index (χ1n) is 7.06. The number of hydrogen-bond acceptors (Lipinski definition) is 3. The van der Waals surface area contributed by atoms with Crippen molar-refractivity contribution in [1.29, 1.82) is 0 Å². The van der Waals surface area contributed by atoms with E-state index >= 15 is 0 Å². The number of pyridine rings is 1. The van der Waals surface area contributed by atoms with Gasteiger partial charge in [0, 0.05) is 40.8 Å². The number of nitrogens with zero attached hydrogens (tertiary/aromatic N) is 2. The maximum atomic E-state index is 12.5. The molecular weight excluding hydrogens is 351 g/mol. The van der Waals surface area contributed by atoms with Crippen LogP contribution in [-0.2, 0) is 12.9 Å². The zero-order valence-electron chi connectivity index (χ0n) is 12.6. The zero-order valence-corrected chi connectivity index (χ0v) is 14.1. The standard InChI is InChI=1S/C17H12Cl2N2O3/c1-20-15(9-18)16(10-3-2-4-12(7-10)21(23)24)14-8-11(19)5-6-13(14)17(20)22/h2-8H,9H2,1H3. The predicted molar refractivity (Wildman–Crippen MR) is 95.8 cm³/mol. The van der Waals surface area contributed by atoms with Crippen molar-refractivity contribution in [2.24, 2.45) is 7.05 Å². The van der Waals surface area contributed by atoms with Crippen LogP contribution in [0, 0.1) is 10.1 Å². The Kier molecular flexibility index (Phi) is 4.30. The van der Waals surface area contributed by atoms with Crippen molar-refractivity contribution in [3.63, 3.8) is 0 Å². The second kappa shape index (κ2) is 6.26. The van der Waals surface area contributed by atoms with Crippen molar-refractivity contribution in [2.45, 2.75) is 5.88 Å². The van der Waals surface area contributed by atoms with Gasteiger partial charge < -0.3 is 4.57 Å². The monoisotopic (exact) mass is 362 g/mol. The van der Waals surface area contributed by atoms with Crippen LogP contribution in [-0.4, -0.2) is 9.49 Å². The number of hydrogen-bond donors (Lipinski definition) is 0. The maximum Gasteiger partial charge on any atom is 0.270 e. The first kappa shape index (κ1) is 16.5. The van der Waals surface area contributed by atoms with Crippen molar-refractivity contribution in [1.82, 2.24) is 4.57 Å². The lowest BCUT2D eigenvalue weighted by molar-refractivity contribution is -0.384. The smallest absolute Gasteiger partial charge is 0.270 e. The molecule has 0 saturated heterocycles. The van der Waals surface area contributed by atoms with Crippen molar-refractivity contribution in [2.75, 3.05) is 0 Å². The summed E-state index contributed by atoms with van der Waals surface area (Å²) in [5.41, 5.74) is 1.65. The van der Waals surface area contributed by atoms with Gasteiger partial charge in [0.05, 0.1) is 10.8 Å². The summed E-state index contributed by atoms with van der Waals surface area (Å²) in [6.45, 7) is 0. The fourth-order valence-electron chi connectivity index (χ4n) is 2.79. The molecule has 0 unspecified atom stereocenters. The number of rotatable bonds is 3. The van der Waals surface area contributed by atoms with Crippen molar-refractivity contribution in [3.8, 4) is 11.1 Å². The summed E-state index contributed by atoms with van der Waals surface area (Å²) in [5, 5.41) is 12.7. The Balaban J connectivity index is 2.48. The summed E-state index contributed by atoms with van der Waals surface area (Å²) in [5.74, 6) is 0.0895. The van der Waals surface area contributed by atoms with Crippen LogP contribution in [0.15, 0.2) is 47.3 Å². The molecule has 0 atom stereocenters. The van der Waals surface area contributed by atoms with Gasteiger partial charge in [0.15, 0.2) is 0 Å². The minimum absolute atomic E-state index is 0.0305. The van der Waals surface area contributed by atoms with E-state index in [0.29, 0.717) is 32.6 Å². The molecule has 0 spiro atoms. The number of non-ortho nitro benzene ring substituents is 1. The van der Waals surface area contributed by atoms with Crippen LogP contribution in [0.3, 0.4) is 0 Å². The second-order valence-electron chi connectivity index (χ2n) is 5.32. The molecule has 0 aliphatic heterocycles. The van der Waals surface area contributed by atoms with E-state index in [0.717, 1.165) is 0 Å². The molecule has 0 aliphatic carbocycles. The van der Waals surface area contributed by atoms with Gasteiger partial charge in [-0.15, -0.1) is 11.6 Å². The number of nitro benzene ring substituents is 1. The highest BCUT2D eigenvalue weighted by Crippen LogP contribution is 2.34. The molecular formula is C17H12Cl2N2O3. The number of benzene rings is 2. The number of aromatic nitrogens is 1. The highest BCUT2D eigenvalue weighted by molar-refractivity contribution is 6.31. The fraction of sp³-hybridized carbons (Fsp3) is 0.118. The van der Waals surface area contributed by atoms with Crippen molar-refractivity contribution < 1.29 is 4.92 Å². The lowest BCUT2D eigenvalue weighted by atomic mass is 9.97. The molecule has 0 bridgehead atoms. The number of halogens is 2. The summed E-state index contributed by atoms with van der Waals surface area (Å²) in [4.78, 5) is 23.2. The second-order valence-corrected chi connectivity index (χ2v) is 6.02. The Morgan fingerprint density at radius 1 is 1.17 bits per heavy atom. The first-order valence-corrected chi connectivity index (χ1v) is 7.97. The van der Waals surface area contributed by atoms with Crippen molar-refractivity contribution in [3.05, 3.63) is 73.6 Å². The Morgan fingerprint density at radius 3 is 2.58 bits per heavy atom. The molecule has 3 aromatic rings. The lowest BCUT2D eigenvalue weighted by Crippen LogP contribution is -2.21. The minimum Gasteiger partial charge on any atom is -0.313 e. The molecule has 0 fully saturated rings. The molecule has 0 amide bonds. The Morgan fingerprint density at radius 2 is 1.92 bits per heavy atom. The van der Waals surface area contributed by atoms with Crippen LogP contribution in [0.2, 0.25) is 5.02 Å². The van der Waals surface area contributed by atoms with Crippen LogP contribution in [0.4, 0.5) is 5.69 Å². The number of alkyl halides is 1. The normalized spacial score (nSPS) is 11.0. The molecule has 1 aromatic heterocycles. The van der Waals surface area contributed by atoms with Crippen LogP contribution in [0.1, 0.15) is 5.69 Å². The summed E-state index contributed by atoms with van der Waals surface area (Å²) in [6.07, 6.45) is 0. The van der Waals surface area contributed by atoms with E-state index in [-0.39, 0.29) is 17.1 Å². The van der Waals surface area contributed by atoms with Gasteiger partial charge in [-0.25, -0.2) is 0 Å². The van der Waals surface area contributed by atoms with Crippen LogP contribution >= 0.6 is 23.2 Å². The first-order chi connectivity index (χ1) is 11.4. The maximum absolute atomic E-state index is 12.5. The summed E-state index contributed by atoms with van der Waals surface area (Å²) >= 11 is 12.2. The van der Waals surface area contributed by atoms with E-state index in [1.807, 2.05) is 0 Å². The molecule has 0 saturated carbocycles. The van der Waals surface area contributed by atoms with E-state index in [2.05, 4.69) is 0 Å². The molecule has 122 valence electrons. The zero-order chi connectivity index (χ0) is 17.4. The Labute approximate surface area is 147 Å². The van der Waals surface area contributed by atoms with E-state index in [1.54, 1.807) is 37.4 Å². The molecule has 0 radical (unpaired) electrons. The molecule has 2 aromatic carbocycles. The van der Waals surface area contributed by atoms with Gasteiger partial charge in [-0.05, 0) is 29.1 Å². The average Bonchev–Trinajstić information content (AvgIpc) is 2.57. The highest BCUT2D eigenvalue weighted by atomic mass is 35.5. The largest absolute Gasteiger partial charge is 0.313 e. The van der Waals surface area contributed by atoms with Crippen LogP contribution in [0.25, 0.3) is 21.9 Å². The number of nitro groups is 1. The molecule has 0 aliphatic rings. The minimum atomic E-state index is -0.457. The SMILES string of the molecule is Cn1c(CCl)c(-c2cccc([N+](=O)[O-])c2)c2cc(Cl)ccc2c1=O. The molecule has 7 heteroatoms. The molecule has 1 heterocycles. The van der Waals surface area contributed by atoms with Gasteiger partial charge >= 0.3 is 0 Å². The van der Waals surface area contributed by atoms with E-state index in [9.17, 15) is 14.9 Å². The quantitative estimate of drug-likeness (QED) is 0.391.